The molecule has 0 aliphatic rings. The molecule has 8 nitrogen and oxygen atoms in total. The summed E-state index contributed by atoms with van der Waals surface area (Å²) in [6.45, 7) is 0. The highest BCUT2D eigenvalue weighted by atomic mass is 35.5. The van der Waals surface area contributed by atoms with E-state index in [2.05, 4.69) is 14.4 Å². The van der Waals surface area contributed by atoms with Crippen LogP contribution in [0.3, 0.4) is 0 Å². The Hall–Kier alpha value is -3.38. The van der Waals surface area contributed by atoms with E-state index in [1.165, 1.54) is 30.3 Å². The van der Waals surface area contributed by atoms with Crippen LogP contribution in [-0.2, 0) is 20.0 Å². The fourth-order valence-corrected chi connectivity index (χ4v) is 6.86. The van der Waals surface area contributed by atoms with Gasteiger partial charge in [0.15, 0.2) is 0 Å². The van der Waals surface area contributed by atoms with E-state index in [-0.39, 0.29) is 25.7 Å². The summed E-state index contributed by atoms with van der Waals surface area (Å²) in [6.07, 6.45) is 1.62. The predicted octanol–water partition coefficient (Wildman–Crippen LogP) is 5.81. The Morgan fingerprint density at radius 3 is 2.34 bits per heavy atom. The molecule has 0 spiro atoms. The third-order valence-corrected chi connectivity index (χ3v) is 9.32. The van der Waals surface area contributed by atoms with E-state index in [1.54, 1.807) is 48.7 Å². The second-order valence-electron chi connectivity index (χ2n) is 7.34. The summed E-state index contributed by atoms with van der Waals surface area (Å²) in [5, 5.41) is 0.510. The quantitative estimate of drug-likeness (QED) is 0.266. The van der Waals surface area contributed by atoms with Gasteiger partial charge in [0, 0.05) is 22.7 Å². The molecule has 0 fully saturated rings. The number of nitrogens with zero attached hydrogens (tertiary/aromatic N) is 1. The first-order valence-electron chi connectivity index (χ1n) is 10.1. The van der Waals surface area contributed by atoms with Gasteiger partial charge in [0.2, 0.25) is 5.09 Å². The van der Waals surface area contributed by atoms with Gasteiger partial charge in [-0.15, -0.1) is 11.3 Å². The Labute approximate surface area is 210 Å². The number of nitrogens with one attached hydrogen (secondary N) is 2. The van der Waals surface area contributed by atoms with Crippen LogP contribution in [0.2, 0.25) is 5.02 Å². The van der Waals surface area contributed by atoms with Crippen LogP contribution in [0.15, 0.2) is 98.8 Å². The molecular formula is C23H16ClN3O5S3. The van der Waals surface area contributed by atoms with Crippen molar-refractivity contribution in [2.24, 2.45) is 0 Å². The van der Waals surface area contributed by atoms with Crippen molar-refractivity contribution < 1.29 is 21.3 Å². The standard InChI is InChI=1S/C23H16ClN3O5S3/c24-16-8-9-17(26-35(30,31)23-11-10-21(33-23)18-6-3-4-12-25-18)19(14-16)27-34(28,29)22-13-15-5-1-2-7-20(15)32-22/h1-14,26-27H. The molecule has 0 aliphatic carbocycles. The van der Waals surface area contributed by atoms with Crippen molar-refractivity contribution in [3.8, 4) is 10.6 Å². The van der Waals surface area contributed by atoms with E-state index in [4.69, 9.17) is 16.0 Å². The molecule has 12 heteroatoms. The molecule has 2 aromatic carbocycles. The number of fused-ring (bicyclic) bond motifs is 1. The molecule has 0 amide bonds. The van der Waals surface area contributed by atoms with Crippen LogP contribution < -0.4 is 9.44 Å². The van der Waals surface area contributed by atoms with Crippen LogP contribution in [-0.4, -0.2) is 21.8 Å². The highest BCUT2D eigenvalue weighted by Crippen LogP contribution is 2.34. The first-order valence-corrected chi connectivity index (χ1v) is 14.2. The number of thiophene rings is 1. The molecule has 0 radical (unpaired) electrons. The third-order valence-electron chi connectivity index (χ3n) is 4.90. The number of anilines is 2. The van der Waals surface area contributed by atoms with E-state index < -0.39 is 20.0 Å². The predicted molar refractivity (Wildman–Crippen MR) is 137 cm³/mol. The van der Waals surface area contributed by atoms with E-state index in [0.29, 0.717) is 21.5 Å². The molecule has 178 valence electrons. The number of halogens is 1. The zero-order valence-corrected chi connectivity index (χ0v) is 20.9. The highest BCUT2D eigenvalue weighted by Gasteiger charge is 2.24. The van der Waals surface area contributed by atoms with E-state index in [1.807, 2.05) is 6.07 Å². The van der Waals surface area contributed by atoms with Gasteiger partial charge in [-0.3, -0.25) is 14.4 Å². The van der Waals surface area contributed by atoms with Crippen molar-refractivity contribution >= 4 is 65.3 Å². The number of hydrogen-bond donors (Lipinski definition) is 2. The molecule has 0 atom stereocenters. The fourth-order valence-electron chi connectivity index (χ4n) is 3.28. The van der Waals surface area contributed by atoms with Crippen molar-refractivity contribution in [3.63, 3.8) is 0 Å². The molecule has 0 bridgehead atoms. The molecule has 35 heavy (non-hydrogen) atoms. The monoisotopic (exact) mass is 545 g/mol. The lowest BCUT2D eigenvalue weighted by Crippen LogP contribution is -2.16. The molecule has 2 N–H and O–H groups in total. The number of aromatic nitrogens is 1. The van der Waals surface area contributed by atoms with Gasteiger partial charge in [-0.2, -0.15) is 8.42 Å². The number of sulfonamides is 2. The van der Waals surface area contributed by atoms with Gasteiger partial charge < -0.3 is 4.42 Å². The summed E-state index contributed by atoms with van der Waals surface area (Å²) in [5.74, 6) is 0. The number of para-hydroxylation sites is 1. The zero-order valence-electron chi connectivity index (χ0n) is 17.7. The maximum Gasteiger partial charge on any atom is 0.295 e. The minimum Gasteiger partial charge on any atom is -0.443 e. The highest BCUT2D eigenvalue weighted by molar-refractivity contribution is 7.94. The second-order valence-corrected chi connectivity index (χ2v) is 12.4. The molecule has 0 unspecified atom stereocenters. The maximum atomic E-state index is 13.1. The lowest BCUT2D eigenvalue weighted by Gasteiger charge is -2.13. The van der Waals surface area contributed by atoms with Crippen LogP contribution in [0.1, 0.15) is 0 Å². The molecule has 0 saturated carbocycles. The third kappa shape index (κ3) is 4.89. The van der Waals surface area contributed by atoms with Crippen molar-refractivity contribution in [2.45, 2.75) is 9.30 Å². The normalized spacial score (nSPS) is 12.0. The number of rotatable bonds is 7. The topological polar surface area (TPSA) is 118 Å². The van der Waals surface area contributed by atoms with Crippen LogP contribution in [0, 0.1) is 0 Å². The maximum absolute atomic E-state index is 13.1. The summed E-state index contributed by atoms with van der Waals surface area (Å²) >= 11 is 7.12. The Morgan fingerprint density at radius 1 is 0.800 bits per heavy atom. The summed E-state index contributed by atoms with van der Waals surface area (Å²) in [5.41, 5.74) is 0.996. The van der Waals surface area contributed by atoms with Crippen molar-refractivity contribution in [2.75, 3.05) is 9.44 Å². The lowest BCUT2D eigenvalue weighted by atomic mass is 10.3. The number of pyridine rings is 1. The SMILES string of the molecule is O=S(=O)(Nc1cc(Cl)ccc1NS(=O)(=O)c1ccc(-c2ccccn2)s1)c1cc2ccccc2o1. The molecule has 0 saturated heterocycles. The second kappa shape index (κ2) is 9.00. The van der Waals surface area contributed by atoms with Crippen molar-refractivity contribution in [1.29, 1.82) is 0 Å². The minimum atomic E-state index is -4.18. The van der Waals surface area contributed by atoms with Gasteiger partial charge in [-0.25, -0.2) is 8.42 Å². The molecule has 3 aromatic heterocycles. The van der Waals surface area contributed by atoms with Crippen LogP contribution in [0.4, 0.5) is 11.4 Å². The van der Waals surface area contributed by atoms with Gasteiger partial charge in [-0.1, -0.05) is 35.9 Å². The molecule has 5 aromatic rings. The Kier molecular flexibility index (Phi) is 6.01. The average Bonchev–Trinajstić information content (AvgIpc) is 3.50. The van der Waals surface area contributed by atoms with Crippen LogP contribution in [0.5, 0.6) is 0 Å². The van der Waals surface area contributed by atoms with Crippen molar-refractivity contribution in [3.05, 3.63) is 90.1 Å². The summed E-state index contributed by atoms with van der Waals surface area (Å²) in [6, 6.07) is 20.9. The van der Waals surface area contributed by atoms with Crippen LogP contribution >= 0.6 is 22.9 Å². The molecule has 3 heterocycles. The summed E-state index contributed by atoms with van der Waals surface area (Å²) in [4.78, 5) is 4.91. The number of hydrogen-bond acceptors (Lipinski definition) is 7. The Balaban J connectivity index is 1.45. The number of benzene rings is 2. The fraction of sp³-hybridized carbons (Fsp3) is 0. The number of furan rings is 1. The van der Waals surface area contributed by atoms with Gasteiger partial charge in [0.25, 0.3) is 20.0 Å². The van der Waals surface area contributed by atoms with Gasteiger partial charge in [-0.05, 0) is 48.5 Å². The first kappa shape index (κ1) is 23.4. The van der Waals surface area contributed by atoms with E-state index in [9.17, 15) is 16.8 Å². The zero-order chi connectivity index (χ0) is 24.6. The smallest absolute Gasteiger partial charge is 0.295 e. The molecule has 5 rings (SSSR count). The minimum absolute atomic E-state index is 0.00173. The molecular weight excluding hydrogens is 530 g/mol. The summed E-state index contributed by atoms with van der Waals surface area (Å²) < 4.78 is 62.5. The summed E-state index contributed by atoms with van der Waals surface area (Å²) in [7, 11) is -8.22. The van der Waals surface area contributed by atoms with Crippen LogP contribution in [0.25, 0.3) is 21.5 Å². The lowest BCUT2D eigenvalue weighted by molar-refractivity contribution is 0.484. The van der Waals surface area contributed by atoms with Gasteiger partial charge in [0.05, 0.1) is 21.9 Å². The Morgan fingerprint density at radius 2 is 1.57 bits per heavy atom. The average molecular weight is 546 g/mol. The van der Waals surface area contributed by atoms with Crippen molar-refractivity contribution in [1.82, 2.24) is 4.98 Å². The largest absolute Gasteiger partial charge is 0.443 e. The van der Waals surface area contributed by atoms with Gasteiger partial charge >= 0.3 is 0 Å². The van der Waals surface area contributed by atoms with E-state index in [0.717, 1.165) is 11.3 Å². The first-order chi connectivity index (χ1) is 16.7. The Bertz CT molecular complexity index is 1710. The van der Waals surface area contributed by atoms with Gasteiger partial charge in [0.1, 0.15) is 9.79 Å². The molecule has 0 aliphatic heterocycles. The van der Waals surface area contributed by atoms with E-state index >= 15 is 0 Å².